The first kappa shape index (κ1) is 16.0. The summed E-state index contributed by atoms with van der Waals surface area (Å²) in [4.78, 5) is 28.5. The van der Waals surface area contributed by atoms with E-state index >= 15 is 0 Å². The van der Waals surface area contributed by atoms with Crippen molar-refractivity contribution in [3.8, 4) is 5.75 Å². The molecule has 3 rings (SSSR count). The molecule has 0 spiro atoms. The van der Waals surface area contributed by atoms with Crippen LogP contribution >= 0.6 is 0 Å². The van der Waals surface area contributed by atoms with Crippen molar-refractivity contribution >= 4 is 11.2 Å². The number of para-hydroxylation sites is 1. The number of aryl methyl sites for hydroxylation is 3. The summed E-state index contributed by atoms with van der Waals surface area (Å²) in [6.45, 7) is 4.88. The smallest absolute Gasteiger partial charge is 0.332 e. The lowest BCUT2D eigenvalue weighted by Crippen LogP contribution is -2.37. The van der Waals surface area contributed by atoms with Gasteiger partial charge in [-0.3, -0.25) is 13.9 Å². The van der Waals surface area contributed by atoms with Crippen LogP contribution in [0.15, 0.2) is 34.1 Å². The number of fused-ring (bicyclic) bond motifs is 1. The molecule has 0 saturated heterocycles. The van der Waals surface area contributed by atoms with Crippen LogP contribution in [0.4, 0.5) is 0 Å². The van der Waals surface area contributed by atoms with E-state index in [0.717, 1.165) is 21.4 Å². The Morgan fingerprint density at radius 2 is 1.75 bits per heavy atom. The number of imidazole rings is 1. The highest BCUT2D eigenvalue weighted by molar-refractivity contribution is 5.69. The fourth-order valence-electron chi connectivity index (χ4n) is 2.84. The van der Waals surface area contributed by atoms with Crippen molar-refractivity contribution in [3.63, 3.8) is 0 Å². The Morgan fingerprint density at radius 3 is 2.42 bits per heavy atom. The van der Waals surface area contributed by atoms with Crippen LogP contribution < -0.4 is 16.0 Å². The number of nitrogens with zero attached hydrogens (tertiary/aromatic N) is 4. The molecule has 0 aliphatic rings. The third-order valence-electron chi connectivity index (χ3n) is 4.20. The van der Waals surface area contributed by atoms with Crippen molar-refractivity contribution in [2.24, 2.45) is 14.1 Å². The molecule has 24 heavy (non-hydrogen) atoms. The van der Waals surface area contributed by atoms with Crippen molar-refractivity contribution in [1.82, 2.24) is 18.7 Å². The maximum absolute atomic E-state index is 12.4. The van der Waals surface area contributed by atoms with E-state index in [1.807, 2.05) is 32.0 Å². The van der Waals surface area contributed by atoms with Gasteiger partial charge in [0.15, 0.2) is 11.2 Å². The van der Waals surface area contributed by atoms with Crippen LogP contribution in [0.2, 0.25) is 0 Å². The standard InChI is InChI=1S/C17H20N4O3/c1-11-6-5-7-12(2)14(11)24-9-8-21-10-18-15-13(21)16(22)20(4)17(23)19(15)3/h5-7,10H,8-9H2,1-4H3. The predicted molar refractivity (Wildman–Crippen MR) is 91.6 cm³/mol. The highest BCUT2D eigenvalue weighted by Gasteiger charge is 2.14. The molecule has 7 nitrogen and oxygen atoms in total. The molecule has 0 aliphatic carbocycles. The molecule has 3 aromatic rings. The van der Waals surface area contributed by atoms with Gasteiger partial charge in [-0.1, -0.05) is 18.2 Å². The molecule has 7 heteroatoms. The summed E-state index contributed by atoms with van der Waals surface area (Å²) in [6, 6.07) is 5.99. The van der Waals surface area contributed by atoms with E-state index in [9.17, 15) is 9.59 Å². The van der Waals surface area contributed by atoms with Crippen LogP contribution in [0, 0.1) is 13.8 Å². The van der Waals surface area contributed by atoms with Crippen LogP contribution in [0.25, 0.3) is 11.2 Å². The fourth-order valence-corrected chi connectivity index (χ4v) is 2.84. The summed E-state index contributed by atoms with van der Waals surface area (Å²) in [7, 11) is 3.07. The lowest BCUT2D eigenvalue weighted by Gasteiger charge is -2.12. The van der Waals surface area contributed by atoms with Gasteiger partial charge in [-0.15, -0.1) is 0 Å². The molecule has 0 N–H and O–H groups in total. The van der Waals surface area contributed by atoms with Gasteiger partial charge in [-0.25, -0.2) is 9.78 Å². The van der Waals surface area contributed by atoms with Gasteiger partial charge < -0.3 is 9.30 Å². The number of rotatable bonds is 4. The molecule has 2 heterocycles. The van der Waals surface area contributed by atoms with Crippen LogP contribution in [0.3, 0.4) is 0 Å². The normalized spacial score (nSPS) is 11.2. The second-order valence-electron chi connectivity index (χ2n) is 5.89. The van der Waals surface area contributed by atoms with Crippen LogP contribution in [-0.2, 0) is 20.6 Å². The lowest BCUT2D eigenvalue weighted by atomic mass is 10.1. The van der Waals surface area contributed by atoms with Crippen molar-refractivity contribution < 1.29 is 4.74 Å². The van der Waals surface area contributed by atoms with Crippen molar-refractivity contribution in [3.05, 3.63) is 56.5 Å². The van der Waals surface area contributed by atoms with Crippen LogP contribution in [0.5, 0.6) is 5.75 Å². The summed E-state index contributed by atoms with van der Waals surface area (Å²) >= 11 is 0. The van der Waals surface area contributed by atoms with E-state index in [1.54, 1.807) is 17.9 Å². The van der Waals surface area contributed by atoms with Gasteiger partial charge in [0.2, 0.25) is 0 Å². The Balaban J connectivity index is 1.90. The van der Waals surface area contributed by atoms with E-state index in [1.165, 1.54) is 11.6 Å². The van der Waals surface area contributed by atoms with Gasteiger partial charge in [-0.2, -0.15) is 0 Å². The summed E-state index contributed by atoms with van der Waals surface area (Å²) in [5.74, 6) is 0.863. The number of hydrogen-bond donors (Lipinski definition) is 0. The fraction of sp³-hybridized carbons (Fsp3) is 0.353. The SMILES string of the molecule is Cc1cccc(C)c1OCCn1cnc2c1c(=O)n(C)c(=O)n2C. The number of hydrogen-bond acceptors (Lipinski definition) is 4. The summed E-state index contributed by atoms with van der Waals surface area (Å²) in [5, 5.41) is 0. The number of benzene rings is 1. The van der Waals surface area contributed by atoms with Crippen molar-refractivity contribution in [2.45, 2.75) is 20.4 Å². The zero-order valence-electron chi connectivity index (χ0n) is 14.2. The van der Waals surface area contributed by atoms with Gasteiger partial charge in [0.05, 0.1) is 12.9 Å². The van der Waals surface area contributed by atoms with E-state index < -0.39 is 0 Å². The minimum absolute atomic E-state index is 0.349. The van der Waals surface area contributed by atoms with Crippen molar-refractivity contribution in [2.75, 3.05) is 6.61 Å². The molecule has 0 amide bonds. The molecule has 0 unspecified atom stereocenters. The molecular weight excluding hydrogens is 308 g/mol. The highest BCUT2D eigenvalue weighted by Crippen LogP contribution is 2.22. The first-order valence-corrected chi connectivity index (χ1v) is 7.71. The Morgan fingerprint density at radius 1 is 1.08 bits per heavy atom. The zero-order valence-corrected chi connectivity index (χ0v) is 14.2. The molecule has 0 atom stereocenters. The van der Waals surface area contributed by atoms with E-state index in [4.69, 9.17) is 4.74 Å². The summed E-state index contributed by atoms with van der Waals surface area (Å²) in [5.41, 5.74) is 2.20. The molecule has 0 bridgehead atoms. The Hall–Kier alpha value is -2.83. The summed E-state index contributed by atoms with van der Waals surface area (Å²) < 4.78 is 10.1. The summed E-state index contributed by atoms with van der Waals surface area (Å²) in [6.07, 6.45) is 1.57. The second kappa shape index (κ2) is 5.99. The minimum Gasteiger partial charge on any atom is -0.491 e. The average Bonchev–Trinajstić information content (AvgIpc) is 2.98. The first-order valence-electron chi connectivity index (χ1n) is 7.71. The maximum atomic E-state index is 12.4. The van der Waals surface area contributed by atoms with Crippen LogP contribution in [0.1, 0.15) is 11.1 Å². The maximum Gasteiger partial charge on any atom is 0.332 e. The van der Waals surface area contributed by atoms with Crippen molar-refractivity contribution in [1.29, 1.82) is 0 Å². The molecule has 0 fully saturated rings. The largest absolute Gasteiger partial charge is 0.491 e. The molecule has 2 aromatic heterocycles. The second-order valence-corrected chi connectivity index (χ2v) is 5.89. The third-order valence-corrected chi connectivity index (χ3v) is 4.20. The topological polar surface area (TPSA) is 71.1 Å². The van der Waals surface area contributed by atoms with E-state index in [-0.39, 0.29) is 11.2 Å². The molecular formula is C17H20N4O3. The molecule has 0 aliphatic heterocycles. The Bertz CT molecular complexity index is 1010. The zero-order chi connectivity index (χ0) is 17.4. The number of aromatic nitrogens is 4. The Kier molecular flexibility index (Phi) is 4.01. The van der Waals surface area contributed by atoms with Gasteiger partial charge in [0.25, 0.3) is 5.56 Å². The molecule has 126 valence electrons. The van der Waals surface area contributed by atoms with Gasteiger partial charge in [-0.05, 0) is 25.0 Å². The molecule has 0 radical (unpaired) electrons. The molecule has 1 aromatic carbocycles. The molecule has 0 saturated carbocycles. The van der Waals surface area contributed by atoms with Gasteiger partial charge in [0.1, 0.15) is 12.4 Å². The predicted octanol–water partition coefficient (Wildman–Crippen LogP) is 1.13. The quantitative estimate of drug-likeness (QED) is 0.720. The highest BCUT2D eigenvalue weighted by atomic mass is 16.5. The van der Waals surface area contributed by atoms with Gasteiger partial charge in [0, 0.05) is 14.1 Å². The lowest BCUT2D eigenvalue weighted by molar-refractivity contribution is 0.296. The minimum atomic E-state index is -0.385. The monoisotopic (exact) mass is 328 g/mol. The van der Waals surface area contributed by atoms with E-state index in [2.05, 4.69) is 4.98 Å². The number of ether oxygens (including phenoxy) is 1. The Labute approximate surface area is 138 Å². The van der Waals surface area contributed by atoms with Gasteiger partial charge >= 0.3 is 5.69 Å². The van der Waals surface area contributed by atoms with E-state index in [0.29, 0.717) is 24.3 Å². The average molecular weight is 328 g/mol. The third kappa shape index (κ3) is 2.51. The van der Waals surface area contributed by atoms with Crippen LogP contribution in [-0.4, -0.2) is 25.3 Å². The first-order chi connectivity index (χ1) is 11.4.